The lowest BCUT2D eigenvalue weighted by Gasteiger charge is -2.26. The Morgan fingerprint density at radius 1 is 1.00 bits per heavy atom. The van der Waals surface area contributed by atoms with Gasteiger partial charge < -0.3 is 25.3 Å². The predicted molar refractivity (Wildman–Crippen MR) is 110 cm³/mol. The molecule has 0 aliphatic rings. The van der Waals surface area contributed by atoms with E-state index in [1.165, 1.54) is 6.07 Å². The summed E-state index contributed by atoms with van der Waals surface area (Å²) in [5, 5.41) is 37.8. The van der Waals surface area contributed by atoms with E-state index >= 15 is 0 Å². The van der Waals surface area contributed by atoms with Crippen molar-refractivity contribution in [3.05, 3.63) is 41.2 Å². The lowest BCUT2D eigenvalue weighted by molar-refractivity contribution is -0.139. The minimum absolute atomic E-state index is 0.00638. The highest BCUT2D eigenvalue weighted by Gasteiger charge is 2.15. The minimum Gasteiger partial charge on any atom is -0.513 e. The van der Waals surface area contributed by atoms with Crippen molar-refractivity contribution in [2.45, 2.75) is 39.7 Å². The number of benzene rings is 1. The van der Waals surface area contributed by atoms with Gasteiger partial charge in [-0.15, -0.1) is 0 Å². The molecule has 0 bridgehead atoms. The molecule has 1 aromatic carbocycles. The Balaban J connectivity index is 2.78. The maximum atomic E-state index is 11.3. The average molecular weight is 408 g/mol. The van der Waals surface area contributed by atoms with Crippen LogP contribution in [0.3, 0.4) is 0 Å². The second-order valence-corrected chi connectivity index (χ2v) is 6.93. The molecule has 0 spiro atoms. The molecule has 0 radical (unpaired) electrons. The first-order valence-corrected chi connectivity index (χ1v) is 9.78. The number of allylic oxidation sites excluding steroid dienone is 1. The number of hydrogen-bond donors (Lipinski definition) is 4. The van der Waals surface area contributed by atoms with Crippen LogP contribution in [0.1, 0.15) is 37.8 Å². The number of hydrogen-bond acceptors (Lipinski definition) is 6. The summed E-state index contributed by atoms with van der Waals surface area (Å²) >= 11 is 0. The molecule has 8 heteroatoms. The third-order valence-corrected chi connectivity index (χ3v) is 4.72. The monoisotopic (exact) mass is 408 g/mol. The number of aryl methyl sites for hydroxylation is 1. The van der Waals surface area contributed by atoms with Crippen molar-refractivity contribution in [3.8, 4) is 5.75 Å². The molecule has 0 unspecified atom stereocenters. The number of aliphatic hydroxyl groups excluding tert-OH is 1. The highest BCUT2D eigenvalue weighted by Crippen LogP contribution is 2.21. The molecular weight excluding hydrogens is 376 g/mol. The smallest absolute Gasteiger partial charge is 0.317 e. The first-order valence-electron chi connectivity index (χ1n) is 9.78. The topological polar surface area (TPSA) is 122 Å². The molecule has 29 heavy (non-hydrogen) atoms. The highest BCUT2D eigenvalue weighted by atomic mass is 16.4. The summed E-state index contributed by atoms with van der Waals surface area (Å²) in [5.74, 6) is -1.46. The van der Waals surface area contributed by atoms with Crippen molar-refractivity contribution in [2.24, 2.45) is 0 Å². The van der Waals surface area contributed by atoms with Gasteiger partial charge in [0.25, 0.3) is 0 Å². The van der Waals surface area contributed by atoms with Gasteiger partial charge in [0.1, 0.15) is 5.75 Å². The molecule has 0 saturated heterocycles. The fourth-order valence-electron chi connectivity index (χ4n) is 2.95. The van der Waals surface area contributed by atoms with Gasteiger partial charge in [-0.05, 0) is 37.6 Å². The molecule has 0 amide bonds. The zero-order valence-electron chi connectivity index (χ0n) is 17.2. The number of rotatable bonds is 14. The van der Waals surface area contributed by atoms with Crippen LogP contribution in [0.15, 0.2) is 30.0 Å². The molecule has 0 aliphatic heterocycles. The molecule has 0 saturated carbocycles. The van der Waals surface area contributed by atoms with Gasteiger partial charge >= 0.3 is 11.9 Å². The summed E-state index contributed by atoms with van der Waals surface area (Å²) in [4.78, 5) is 25.9. The summed E-state index contributed by atoms with van der Waals surface area (Å²) in [6.45, 7) is 6.41. The number of likely N-dealkylation sites (N-methyl/N-ethyl adjacent to an activating group) is 1. The van der Waals surface area contributed by atoms with E-state index in [2.05, 4.69) is 4.90 Å². The normalized spacial score (nSPS) is 11.9. The number of nitrogens with zero attached hydrogens (tertiary/aromatic N) is 2. The van der Waals surface area contributed by atoms with Crippen LogP contribution >= 0.6 is 0 Å². The van der Waals surface area contributed by atoms with Crippen LogP contribution in [0.5, 0.6) is 5.75 Å². The largest absolute Gasteiger partial charge is 0.513 e. The van der Waals surface area contributed by atoms with Gasteiger partial charge in [-0.2, -0.15) is 0 Å². The lowest BCUT2D eigenvalue weighted by atomic mass is 10.0. The van der Waals surface area contributed by atoms with Gasteiger partial charge in [0.05, 0.1) is 12.3 Å². The van der Waals surface area contributed by atoms with Crippen LogP contribution in [0.4, 0.5) is 0 Å². The Labute approximate surface area is 171 Å². The van der Waals surface area contributed by atoms with Crippen molar-refractivity contribution < 1.29 is 30.0 Å². The predicted octanol–water partition coefficient (Wildman–Crippen LogP) is 2.47. The SMILES string of the molecule is C/C=C(/O)CCN(CC)CCN(CC(=O)O)Cc1cc(CCC(=O)O)ccc1O. The zero-order chi connectivity index (χ0) is 21.8. The zero-order valence-corrected chi connectivity index (χ0v) is 17.2. The van der Waals surface area contributed by atoms with Crippen LogP contribution in [0.2, 0.25) is 0 Å². The first-order chi connectivity index (χ1) is 13.7. The molecule has 0 fully saturated rings. The number of phenols is 1. The van der Waals surface area contributed by atoms with E-state index in [1.807, 2.05) is 6.92 Å². The molecule has 162 valence electrons. The number of carbonyl (C=O) groups is 2. The van der Waals surface area contributed by atoms with Crippen LogP contribution in [-0.4, -0.2) is 74.9 Å². The van der Waals surface area contributed by atoms with Gasteiger partial charge in [0.15, 0.2) is 0 Å². The third-order valence-electron chi connectivity index (χ3n) is 4.72. The van der Waals surface area contributed by atoms with Gasteiger partial charge in [-0.3, -0.25) is 14.5 Å². The van der Waals surface area contributed by atoms with Crippen LogP contribution in [0.25, 0.3) is 0 Å². The fraction of sp³-hybridized carbons (Fsp3) is 0.524. The number of aromatic hydroxyl groups is 1. The van der Waals surface area contributed by atoms with Crippen molar-refractivity contribution in [1.29, 1.82) is 0 Å². The second-order valence-electron chi connectivity index (χ2n) is 6.93. The maximum absolute atomic E-state index is 11.3. The van der Waals surface area contributed by atoms with Crippen molar-refractivity contribution in [3.63, 3.8) is 0 Å². The van der Waals surface area contributed by atoms with E-state index in [9.17, 15) is 24.9 Å². The van der Waals surface area contributed by atoms with Gasteiger partial charge in [0, 0.05) is 44.6 Å². The third kappa shape index (κ3) is 9.96. The Morgan fingerprint density at radius 3 is 2.28 bits per heavy atom. The molecule has 8 nitrogen and oxygen atoms in total. The summed E-state index contributed by atoms with van der Waals surface area (Å²) in [6, 6.07) is 4.92. The molecule has 1 rings (SSSR count). The Bertz CT molecular complexity index is 704. The Morgan fingerprint density at radius 2 is 1.69 bits per heavy atom. The van der Waals surface area contributed by atoms with Crippen LogP contribution in [0, 0.1) is 0 Å². The van der Waals surface area contributed by atoms with Crippen LogP contribution < -0.4 is 0 Å². The number of carboxylic acids is 2. The summed E-state index contributed by atoms with van der Waals surface area (Å²) in [7, 11) is 0. The molecule has 0 aromatic heterocycles. The maximum Gasteiger partial charge on any atom is 0.317 e. The van der Waals surface area contributed by atoms with Crippen LogP contribution in [-0.2, 0) is 22.6 Å². The number of carboxylic acid groups (broad SMARTS) is 2. The highest BCUT2D eigenvalue weighted by molar-refractivity contribution is 5.69. The number of phenolic OH excluding ortho intramolecular Hbond substituents is 1. The van der Waals surface area contributed by atoms with Crippen molar-refractivity contribution in [1.82, 2.24) is 9.80 Å². The van der Waals surface area contributed by atoms with E-state index in [4.69, 9.17) is 5.11 Å². The summed E-state index contributed by atoms with van der Waals surface area (Å²) < 4.78 is 0. The van der Waals surface area contributed by atoms with Gasteiger partial charge in [-0.1, -0.05) is 19.1 Å². The molecule has 0 heterocycles. The molecule has 0 aliphatic carbocycles. The number of aliphatic carboxylic acids is 2. The molecular formula is C21H32N2O6. The van der Waals surface area contributed by atoms with E-state index in [-0.39, 0.29) is 25.3 Å². The van der Waals surface area contributed by atoms with E-state index in [0.717, 1.165) is 12.1 Å². The number of aliphatic hydroxyl groups is 1. The minimum atomic E-state index is -0.957. The van der Waals surface area contributed by atoms with Crippen molar-refractivity contribution in [2.75, 3.05) is 32.7 Å². The quantitative estimate of drug-likeness (QED) is 0.346. The summed E-state index contributed by atoms with van der Waals surface area (Å²) in [6.07, 6.45) is 2.54. The summed E-state index contributed by atoms with van der Waals surface area (Å²) in [5.41, 5.74) is 1.36. The fourth-order valence-corrected chi connectivity index (χ4v) is 2.95. The van der Waals surface area contributed by atoms with E-state index < -0.39 is 11.9 Å². The van der Waals surface area contributed by atoms with Gasteiger partial charge in [-0.25, -0.2) is 0 Å². The average Bonchev–Trinajstić information content (AvgIpc) is 2.67. The molecule has 0 atom stereocenters. The van der Waals surface area contributed by atoms with Crippen molar-refractivity contribution >= 4 is 11.9 Å². The molecule has 4 N–H and O–H groups in total. The lowest BCUT2D eigenvalue weighted by Crippen LogP contribution is -2.38. The van der Waals surface area contributed by atoms with Gasteiger partial charge in [0.2, 0.25) is 0 Å². The Hall–Kier alpha value is -2.58. The second kappa shape index (κ2) is 12.8. The standard InChI is InChI=1S/C21H32N2O6/c1-3-18(24)9-10-22(4-2)11-12-23(15-21(28)29)14-17-13-16(5-7-19(17)25)6-8-20(26)27/h3,5,7,13,24-25H,4,6,8-12,14-15H2,1-2H3,(H,26,27)(H,28,29)/b18-3+. The first kappa shape index (κ1) is 24.5. The van der Waals surface area contributed by atoms with E-state index in [0.29, 0.717) is 43.8 Å². The Kier molecular flexibility index (Phi) is 10.8. The van der Waals surface area contributed by atoms with E-state index in [1.54, 1.807) is 30.0 Å². The molecule has 1 aromatic rings.